The predicted octanol–water partition coefficient (Wildman–Crippen LogP) is 0.152. The minimum Gasteiger partial charge on any atom is -0.379 e. The van der Waals surface area contributed by atoms with Crippen LogP contribution < -0.4 is 0 Å². The summed E-state index contributed by atoms with van der Waals surface area (Å²) in [6.45, 7) is 0.920. The van der Waals surface area contributed by atoms with Crippen LogP contribution in [0.1, 0.15) is 0 Å². The Kier molecular flexibility index (Phi) is 1.68. The summed E-state index contributed by atoms with van der Waals surface area (Å²) in [6, 6.07) is 0. The van der Waals surface area contributed by atoms with Crippen LogP contribution in [-0.2, 0) is 10.8 Å². The van der Waals surface area contributed by atoms with Gasteiger partial charge in [0.1, 0.15) is 0 Å². The van der Waals surface area contributed by atoms with Gasteiger partial charge in [-0.25, -0.2) is 0 Å². The largest absolute Gasteiger partial charge is 0.379 e. The summed E-state index contributed by atoms with van der Waals surface area (Å²) in [6.07, 6.45) is 1.86. The third-order valence-electron chi connectivity index (χ3n) is 1.11. The van der Waals surface area contributed by atoms with E-state index in [0.717, 1.165) is 12.3 Å². The van der Waals surface area contributed by atoms with Crippen LogP contribution in [0.15, 0.2) is 11.6 Å². The molecule has 0 spiro atoms. The first-order chi connectivity index (χ1) is 3.79. The van der Waals surface area contributed by atoms with E-state index < -0.39 is 10.8 Å². The van der Waals surface area contributed by atoms with Crippen molar-refractivity contribution < 1.29 is 4.21 Å². The lowest BCUT2D eigenvalue weighted by Crippen LogP contribution is -2.21. The molecular weight excluding hydrogens is 122 g/mol. The number of nitrogens with zero attached hydrogens (tertiary/aromatic N) is 1. The van der Waals surface area contributed by atoms with Crippen molar-refractivity contribution in [2.24, 2.45) is 0 Å². The summed E-state index contributed by atoms with van der Waals surface area (Å²) in [5, 5.41) is 1.73. The molecule has 3 heteroatoms. The molecule has 1 aliphatic rings. The predicted molar refractivity (Wildman–Crippen MR) is 34.8 cm³/mol. The molecule has 1 atom stereocenters. The molecule has 0 fully saturated rings. The van der Waals surface area contributed by atoms with Crippen molar-refractivity contribution in [3.05, 3.63) is 11.6 Å². The van der Waals surface area contributed by atoms with Crippen LogP contribution in [0.25, 0.3) is 0 Å². The van der Waals surface area contributed by atoms with Crippen molar-refractivity contribution in [2.75, 3.05) is 19.3 Å². The second-order valence-corrected chi connectivity index (χ2v) is 3.29. The maximum Gasteiger partial charge on any atom is 0.0488 e. The Morgan fingerprint density at radius 1 is 1.75 bits per heavy atom. The molecule has 0 aliphatic carbocycles. The van der Waals surface area contributed by atoms with Crippen molar-refractivity contribution in [2.45, 2.75) is 0 Å². The zero-order valence-electron chi connectivity index (χ0n) is 4.83. The zero-order chi connectivity index (χ0) is 5.98. The molecule has 0 amide bonds. The number of hydrogen-bond acceptors (Lipinski definition) is 2. The second-order valence-electron chi connectivity index (χ2n) is 1.85. The summed E-state index contributed by atoms with van der Waals surface area (Å²) in [5.74, 6) is 0.785. The lowest BCUT2D eigenvalue weighted by atomic mass is 10.6. The Hall–Kier alpha value is -0.310. The van der Waals surface area contributed by atoms with Gasteiger partial charge in [0.05, 0.1) is 0 Å². The average molecular weight is 131 g/mol. The third kappa shape index (κ3) is 1.33. The highest BCUT2D eigenvalue weighted by Gasteiger charge is 2.01. The Morgan fingerprint density at radius 2 is 2.50 bits per heavy atom. The van der Waals surface area contributed by atoms with E-state index in [2.05, 4.69) is 0 Å². The SMILES string of the molecule is CN1C=CS(=O)CC1. The van der Waals surface area contributed by atoms with Crippen molar-refractivity contribution in [1.29, 1.82) is 0 Å². The van der Waals surface area contributed by atoms with Gasteiger partial charge in [-0.05, 0) is 0 Å². The summed E-state index contributed by atoms with van der Waals surface area (Å²) in [7, 11) is 1.30. The maximum absolute atomic E-state index is 10.6. The van der Waals surface area contributed by atoms with Gasteiger partial charge in [0.15, 0.2) is 0 Å². The van der Waals surface area contributed by atoms with Crippen LogP contribution in [0.2, 0.25) is 0 Å². The second kappa shape index (κ2) is 2.31. The fourth-order valence-electron chi connectivity index (χ4n) is 0.548. The Labute approximate surface area is 51.6 Å². The smallest absolute Gasteiger partial charge is 0.0488 e. The summed E-state index contributed by atoms with van der Waals surface area (Å²) >= 11 is 0. The van der Waals surface area contributed by atoms with Crippen LogP contribution in [0, 0.1) is 0 Å². The zero-order valence-corrected chi connectivity index (χ0v) is 5.65. The molecule has 46 valence electrons. The van der Waals surface area contributed by atoms with Crippen LogP contribution >= 0.6 is 0 Å². The van der Waals surface area contributed by atoms with Gasteiger partial charge in [0.2, 0.25) is 0 Å². The molecule has 0 saturated heterocycles. The molecular formula is C5H9NOS. The number of rotatable bonds is 0. The highest BCUT2D eigenvalue weighted by molar-refractivity contribution is 7.88. The van der Waals surface area contributed by atoms with E-state index >= 15 is 0 Å². The molecule has 0 aromatic rings. The Balaban J connectivity index is 2.55. The van der Waals surface area contributed by atoms with Gasteiger partial charge in [0, 0.05) is 41.8 Å². The van der Waals surface area contributed by atoms with E-state index in [1.165, 1.54) is 0 Å². The first-order valence-electron chi connectivity index (χ1n) is 2.55. The van der Waals surface area contributed by atoms with Gasteiger partial charge >= 0.3 is 0 Å². The molecule has 0 N–H and O–H groups in total. The summed E-state index contributed by atoms with van der Waals surface area (Å²) in [4.78, 5) is 2.03. The van der Waals surface area contributed by atoms with Gasteiger partial charge in [-0.3, -0.25) is 4.21 Å². The van der Waals surface area contributed by atoms with Crippen molar-refractivity contribution in [3.8, 4) is 0 Å². The molecule has 1 heterocycles. The Bertz CT molecular complexity index is 132. The fraction of sp³-hybridized carbons (Fsp3) is 0.600. The van der Waals surface area contributed by atoms with E-state index in [1.807, 2.05) is 18.1 Å². The minimum atomic E-state index is -0.683. The van der Waals surface area contributed by atoms with E-state index in [9.17, 15) is 4.21 Å². The Morgan fingerprint density at radius 3 is 2.88 bits per heavy atom. The topological polar surface area (TPSA) is 20.3 Å². The molecule has 0 saturated carbocycles. The molecule has 1 rings (SSSR count). The van der Waals surface area contributed by atoms with E-state index in [1.54, 1.807) is 5.41 Å². The average Bonchev–Trinajstić information content (AvgIpc) is 1.77. The van der Waals surface area contributed by atoms with Gasteiger partial charge < -0.3 is 4.90 Å². The minimum absolute atomic E-state index is 0.683. The van der Waals surface area contributed by atoms with Gasteiger partial charge in [0.25, 0.3) is 0 Å². The molecule has 0 aromatic heterocycles. The maximum atomic E-state index is 10.6. The van der Waals surface area contributed by atoms with Gasteiger partial charge in [-0.1, -0.05) is 0 Å². The highest BCUT2D eigenvalue weighted by Crippen LogP contribution is 1.96. The monoisotopic (exact) mass is 131 g/mol. The standard InChI is InChI=1S/C5H9NOS/c1-6-2-4-8(7)5-3-6/h2,4H,3,5H2,1H3. The van der Waals surface area contributed by atoms with Crippen molar-refractivity contribution in [1.82, 2.24) is 4.90 Å². The molecule has 1 aliphatic heterocycles. The first kappa shape index (κ1) is 5.82. The quantitative estimate of drug-likeness (QED) is 0.466. The van der Waals surface area contributed by atoms with E-state index in [4.69, 9.17) is 0 Å². The molecule has 8 heavy (non-hydrogen) atoms. The van der Waals surface area contributed by atoms with Gasteiger partial charge in [-0.15, -0.1) is 0 Å². The fourth-order valence-corrected chi connectivity index (χ4v) is 1.50. The van der Waals surface area contributed by atoms with Crippen molar-refractivity contribution in [3.63, 3.8) is 0 Å². The summed E-state index contributed by atoms with van der Waals surface area (Å²) < 4.78 is 10.6. The van der Waals surface area contributed by atoms with Gasteiger partial charge in [-0.2, -0.15) is 0 Å². The normalized spacial score (nSPS) is 28.6. The molecule has 2 nitrogen and oxygen atoms in total. The summed E-state index contributed by atoms with van der Waals surface area (Å²) in [5.41, 5.74) is 0. The molecule has 1 unspecified atom stereocenters. The van der Waals surface area contributed by atoms with Crippen LogP contribution in [0.4, 0.5) is 0 Å². The lowest BCUT2D eigenvalue weighted by Gasteiger charge is -2.15. The van der Waals surface area contributed by atoms with E-state index in [-0.39, 0.29) is 0 Å². The van der Waals surface area contributed by atoms with Crippen molar-refractivity contribution >= 4 is 10.8 Å². The molecule has 0 aromatic carbocycles. The first-order valence-corrected chi connectivity index (χ1v) is 3.93. The van der Waals surface area contributed by atoms with Crippen LogP contribution in [0.5, 0.6) is 0 Å². The lowest BCUT2D eigenvalue weighted by molar-refractivity contribution is 0.481. The molecule has 0 bridgehead atoms. The highest BCUT2D eigenvalue weighted by atomic mass is 32.2. The third-order valence-corrected chi connectivity index (χ3v) is 2.12. The molecule has 0 radical (unpaired) electrons. The van der Waals surface area contributed by atoms with Crippen LogP contribution in [0.3, 0.4) is 0 Å². The van der Waals surface area contributed by atoms with Crippen LogP contribution in [-0.4, -0.2) is 28.5 Å². The number of hydrogen-bond donors (Lipinski definition) is 0. The van der Waals surface area contributed by atoms with E-state index in [0.29, 0.717) is 0 Å².